The van der Waals surface area contributed by atoms with E-state index in [2.05, 4.69) is 48.5 Å². The van der Waals surface area contributed by atoms with Crippen LogP contribution < -0.4 is 11.5 Å². The van der Waals surface area contributed by atoms with Gasteiger partial charge in [0.1, 0.15) is 0 Å². The van der Waals surface area contributed by atoms with E-state index in [0.717, 1.165) is 25.7 Å². The minimum absolute atomic E-state index is 0.267. The molecule has 2 aromatic rings. The number of amides is 3. The fraction of sp³-hybridized carbons (Fsp3) is 0.391. The van der Waals surface area contributed by atoms with Crippen LogP contribution in [0.2, 0.25) is 0 Å². The number of benzene rings is 2. The third kappa shape index (κ3) is 7.82. The molecule has 3 amide bonds. The van der Waals surface area contributed by atoms with Crippen molar-refractivity contribution >= 4 is 11.9 Å². The van der Waals surface area contributed by atoms with Gasteiger partial charge in [-0.1, -0.05) is 60.7 Å². The van der Waals surface area contributed by atoms with Crippen molar-refractivity contribution in [3.63, 3.8) is 0 Å². The van der Waals surface area contributed by atoms with Gasteiger partial charge in [0, 0.05) is 19.5 Å². The van der Waals surface area contributed by atoms with E-state index in [1.165, 1.54) is 11.1 Å². The Hall–Kier alpha value is -2.82. The van der Waals surface area contributed by atoms with Crippen LogP contribution in [0.1, 0.15) is 49.1 Å². The quantitative estimate of drug-likeness (QED) is 0.585. The van der Waals surface area contributed by atoms with E-state index in [-0.39, 0.29) is 12.3 Å². The highest BCUT2D eigenvalue weighted by Crippen LogP contribution is 2.26. The molecule has 5 heteroatoms. The minimum Gasteiger partial charge on any atom is -0.370 e. The molecule has 28 heavy (non-hydrogen) atoms. The maximum atomic E-state index is 11.8. The van der Waals surface area contributed by atoms with Crippen LogP contribution in [0.5, 0.6) is 0 Å². The van der Waals surface area contributed by atoms with Crippen LogP contribution in [0, 0.1) is 0 Å². The van der Waals surface area contributed by atoms with Crippen LogP contribution in [-0.4, -0.2) is 29.9 Å². The number of nitrogens with two attached hydrogens (primary N) is 2. The molecule has 0 bridgehead atoms. The Bertz CT molecular complexity index is 719. The summed E-state index contributed by atoms with van der Waals surface area (Å²) in [5.74, 6) is 0.00963. The average molecular weight is 382 g/mol. The molecule has 0 radical (unpaired) electrons. The van der Waals surface area contributed by atoms with E-state index in [9.17, 15) is 9.59 Å². The second-order valence-corrected chi connectivity index (χ2v) is 7.17. The molecule has 4 N–H and O–H groups in total. The van der Waals surface area contributed by atoms with Crippen molar-refractivity contribution in [2.75, 3.05) is 13.1 Å². The molecule has 5 nitrogen and oxygen atoms in total. The van der Waals surface area contributed by atoms with Crippen molar-refractivity contribution < 1.29 is 9.59 Å². The summed E-state index contributed by atoms with van der Waals surface area (Å²) in [6.07, 6.45) is 4.83. The van der Waals surface area contributed by atoms with Gasteiger partial charge in [0.05, 0.1) is 0 Å². The number of carbonyl (C=O) groups is 2. The molecule has 2 rings (SSSR count). The lowest BCUT2D eigenvalue weighted by Gasteiger charge is -2.24. The molecular formula is C23H31N3O2. The molecule has 0 aromatic heterocycles. The van der Waals surface area contributed by atoms with Crippen molar-refractivity contribution in [1.82, 2.24) is 4.90 Å². The number of nitrogens with zero attached hydrogens (tertiary/aromatic N) is 1. The van der Waals surface area contributed by atoms with E-state index in [0.29, 0.717) is 25.4 Å². The summed E-state index contributed by atoms with van der Waals surface area (Å²) in [5, 5.41) is 0. The van der Waals surface area contributed by atoms with E-state index in [4.69, 9.17) is 11.5 Å². The second kappa shape index (κ2) is 11.8. The highest BCUT2D eigenvalue weighted by Gasteiger charge is 2.16. The van der Waals surface area contributed by atoms with Gasteiger partial charge in [-0.15, -0.1) is 0 Å². The summed E-state index contributed by atoms with van der Waals surface area (Å²) < 4.78 is 0. The monoisotopic (exact) mass is 381 g/mol. The maximum absolute atomic E-state index is 11.8. The van der Waals surface area contributed by atoms with Gasteiger partial charge >= 0.3 is 6.03 Å². The molecule has 150 valence electrons. The molecule has 0 spiro atoms. The van der Waals surface area contributed by atoms with Gasteiger partial charge in [-0.2, -0.15) is 0 Å². The maximum Gasteiger partial charge on any atom is 0.314 e. The number of urea groups is 1. The van der Waals surface area contributed by atoms with Gasteiger partial charge in [0.2, 0.25) is 5.91 Å². The van der Waals surface area contributed by atoms with Gasteiger partial charge in [0.25, 0.3) is 0 Å². The molecule has 0 aliphatic carbocycles. The molecule has 2 aromatic carbocycles. The first-order chi connectivity index (χ1) is 13.6. The number of primary amides is 2. The highest BCUT2D eigenvalue weighted by molar-refractivity contribution is 5.74. The first kappa shape index (κ1) is 21.5. The molecule has 0 saturated carbocycles. The highest BCUT2D eigenvalue weighted by atomic mass is 16.2. The summed E-state index contributed by atoms with van der Waals surface area (Å²) in [6, 6.07) is 20.5. The molecule has 0 saturated heterocycles. The molecular weight excluding hydrogens is 350 g/mol. The topological polar surface area (TPSA) is 89.4 Å². The van der Waals surface area contributed by atoms with Crippen LogP contribution >= 0.6 is 0 Å². The average Bonchev–Trinajstić information content (AvgIpc) is 2.70. The van der Waals surface area contributed by atoms with Gasteiger partial charge in [-0.3, -0.25) is 4.79 Å². The van der Waals surface area contributed by atoms with E-state index in [1.54, 1.807) is 4.90 Å². The van der Waals surface area contributed by atoms with Crippen LogP contribution in [0.15, 0.2) is 60.7 Å². The Balaban J connectivity index is 1.92. The number of rotatable bonds is 12. The van der Waals surface area contributed by atoms with Crippen molar-refractivity contribution in [2.24, 2.45) is 11.5 Å². The largest absolute Gasteiger partial charge is 0.370 e. The molecule has 0 fully saturated rings. The predicted octanol–water partition coefficient (Wildman–Crippen LogP) is 3.83. The van der Waals surface area contributed by atoms with Crippen molar-refractivity contribution in [3.05, 3.63) is 71.8 Å². The molecule has 0 aliphatic rings. The third-order valence-corrected chi connectivity index (χ3v) is 5.04. The lowest BCUT2D eigenvalue weighted by atomic mass is 9.89. The first-order valence-corrected chi connectivity index (χ1v) is 9.98. The van der Waals surface area contributed by atoms with Crippen LogP contribution in [0.3, 0.4) is 0 Å². The first-order valence-electron chi connectivity index (χ1n) is 9.98. The molecule has 0 aliphatic heterocycles. The Kier molecular flexibility index (Phi) is 9.05. The van der Waals surface area contributed by atoms with E-state index in [1.807, 2.05) is 12.1 Å². The minimum atomic E-state index is -0.444. The van der Waals surface area contributed by atoms with Crippen LogP contribution in [-0.2, 0) is 11.2 Å². The summed E-state index contributed by atoms with van der Waals surface area (Å²) >= 11 is 0. The summed E-state index contributed by atoms with van der Waals surface area (Å²) in [6.45, 7) is 1.04. The van der Waals surface area contributed by atoms with Crippen molar-refractivity contribution in [3.8, 4) is 0 Å². The molecule has 1 atom stereocenters. The number of hydrogen-bond acceptors (Lipinski definition) is 2. The lowest BCUT2D eigenvalue weighted by Crippen LogP contribution is -2.38. The predicted molar refractivity (Wildman–Crippen MR) is 113 cm³/mol. The van der Waals surface area contributed by atoms with Gasteiger partial charge < -0.3 is 16.4 Å². The lowest BCUT2D eigenvalue weighted by molar-refractivity contribution is -0.118. The fourth-order valence-electron chi connectivity index (χ4n) is 3.49. The van der Waals surface area contributed by atoms with Gasteiger partial charge in [0.15, 0.2) is 0 Å². The number of hydrogen-bond donors (Lipinski definition) is 2. The smallest absolute Gasteiger partial charge is 0.314 e. The fourth-order valence-corrected chi connectivity index (χ4v) is 3.49. The number of carbonyl (C=O) groups excluding carboxylic acids is 2. The van der Waals surface area contributed by atoms with Gasteiger partial charge in [-0.05, 0) is 49.1 Å². The van der Waals surface area contributed by atoms with Crippen molar-refractivity contribution in [1.29, 1.82) is 0 Å². The summed E-state index contributed by atoms with van der Waals surface area (Å²) in [5.41, 5.74) is 13.3. The summed E-state index contributed by atoms with van der Waals surface area (Å²) in [4.78, 5) is 24.3. The Labute approximate surface area is 167 Å². The molecule has 0 heterocycles. The second-order valence-electron chi connectivity index (χ2n) is 7.17. The zero-order chi connectivity index (χ0) is 20.2. The van der Waals surface area contributed by atoms with Crippen molar-refractivity contribution in [2.45, 2.75) is 44.4 Å². The van der Waals surface area contributed by atoms with Gasteiger partial charge in [-0.25, -0.2) is 4.79 Å². The Morgan fingerprint density at radius 3 is 2.07 bits per heavy atom. The zero-order valence-corrected chi connectivity index (χ0v) is 16.4. The van der Waals surface area contributed by atoms with E-state index < -0.39 is 6.03 Å². The normalized spacial score (nSPS) is 11.7. The van der Waals surface area contributed by atoms with Crippen LogP contribution in [0.25, 0.3) is 0 Å². The summed E-state index contributed by atoms with van der Waals surface area (Å²) in [7, 11) is 0. The molecule has 1 unspecified atom stereocenters. The van der Waals surface area contributed by atoms with E-state index >= 15 is 0 Å². The standard InChI is InChI=1S/C23H31N3O2/c24-22(27)15-8-17-26(23(25)28)18-16-21(20-12-5-2-6-13-20)14-7-11-19-9-3-1-4-10-19/h1-6,9-10,12-13,21H,7-8,11,14-18H2,(H2,24,27)(H2,25,28). The van der Waals surface area contributed by atoms with Crippen LogP contribution in [0.4, 0.5) is 4.79 Å². The Morgan fingerprint density at radius 2 is 1.46 bits per heavy atom. The SMILES string of the molecule is NC(=O)CCCN(CCC(CCCc1ccccc1)c1ccccc1)C(N)=O. The Morgan fingerprint density at radius 1 is 0.821 bits per heavy atom. The zero-order valence-electron chi connectivity index (χ0n) is 16.4. The third-order valence-electron chi connectivity index (χ3n) is 5.04. The number of aryl methyl sites for hydroxylation is 1.